The zero-order valence-electron chi connectivity index (χ0n) is 9.72. The van der Waals surface area contributed by atoms with Gasteiger partial charge in [-0.1, -0.05) is 0 Å². The number of carbonyl (C=O) groups excluding carboxylic acids is 1. The topological polar surface area (TPSA) is 101 Å². The summed E-state index contributed by atoms with van der Waals surface area (Å²) >= 11 is 0. The Morgan fingerprint density at radius 1 is 1.41 bits per heavy atom. The molecule has 1 rings (SSSR count). The summed E-state index contributed by atoms with van der Waals surface area (Å²) in [6.45, 7) is 2.71. The number of aromatic nitrogens is 2. The summed E-state index contributed by atoms with van der Waals surface area (Å²) < 4.78 is 1.00. The Balaban J connectivity index is 2.95. The summed E-state index contributed by atoms with van der Waals surface area (Å²) in [7, 11) is 1.40. The van der Waals surface area contributed by atoms with E-state index >= 15 is 0 Å². The molecule has 0 atom stereocenters. The monoisotopic (exact) mass is 239 g/mol. The quantitative estimate of drug-likeness (QED) is 0.731. The van der Waals surface area contributed by atoms with Crippen LogP contribution in [0.15, 0.2) is 16.9 Å². The van der Waals surface area contributed by atoms with Gasteiger partial charge >= 0.3 is 5.97 Å². The van der Waals surface area contributed by atoms with Gasteiger partial charge in [0.05, 0.1) is 0 Å². The highest BCUT2D eigenvalue weighted by molar-refractivity contribution is 5.95. The van der Waals surface area contributed by atoms with E-state index in [-0.39, 0.29) is 11.3 Å². The van der Waals surface area contributed by atoms with E-state index in [1.165, 1.54) is 33.0 Å². The van der Waals surface area contributed by atoms with Crippen LogP contribution < -0.4 is 10.9 Å². The third-order valence-corrected chi connectivity index (χ3v) is 2.15. The van der Waals surface area contributed by atoms with Crippen molar-refractivity contribution in [2.45, 2.75) is 19.4 Å². The lowest BCUT2D eigenvalue weighted by atomic mass is 10.1. The molecule has 2 N–H and O–H groups in total. The summed E-state index contributed by atoms with van der Waals surface area (Å²) in [5, 5.41) is 14.9. The van der Waals surface area contributed by atoms with Gasteiger partial charge in [0.1, 0.15) is 11.2 Å². The molecule has 1 aromatic rings. The maximum absolute atomic E-state index is 11.7. The van der Waals surface area contributed by atoms with Crippen molar-refractivity contribution in [1.29, 1.82) is 0 Å². The molecule has 0 saturated carbocycles. The fraction of sp³-hybridized carbons (Fsp3) is 0.400. The average Bonchev–Trinajstić information content (AvgIpc) is 2.21. The third-order valence-electron chi connectivity index (χ3n) is 2.15. The van der Waals surface area contributed by atoms with E-state index in [4.69, 9.17) is 5.11 Å². The van der Waals surface area contributed by atoms with Gasteiger partial charge in [0, 0.05) is 13.1 Å². The van der Waals surface area contributed by atoms with Crippen LogP contribution in [0, 0.1) is 0 Å². The van der Waals surface area contributed by atoms with E-state index in [0.29, 0.717) is 0 Å². The third kappa shape index (κ3) is 2.90. The number of amides is 1. The van der Waals surface area contributed by atoms with E-state index < -0.39 is 17.4 Å². The maximum atomic E-state index is 11.7. The number of hydrogen-bond acceptors (Lipinski definition) is 4. The van der Waals surface area contributed by atoms with Crippen LogP contribution in [0.4, 0.5) is 0 Å². The zero-order chi connectivity index (χ0) is 13.2. The van der Waals surface area contributed by atoms with Crippen molar-refractivity contribution >= 4 is 11.9 Å². The van der Waals surface area contributed by atoms with Gasteiger partial charge in [-0.3, -0.25) is 9.59 Å². The van der Waals surface area contributed by atoms with Crippen LogP contribution in [-0.2, 0) is 11.8 Å². The number of nitrogens with zero attached hydrogens (tertiary/aromatic N) is 2. The normalized spacial score (nSPS) is 11.0. The van der Waals surface area contributed by atoms with Gasteiger partial charge in [-0.2, -0.15) is 5.10 Å². The van der Waals surface area contributed by atoms with Crippen molar-refractivity contribution in [3.63, 3.8) is 0 Å². The van der Waals surface area contributed by atoms with Crippen LogP contribution in [0.5, 0.6) is 0 Å². The van der Waals surface area contributed by atoms with Crippen molar-refractivity contribution in [1.82, 2.24) is 15.1 Å². The maximum Gasteiger partial charge on any atom is 0.328 e. The van der Waals surface area contributed by atoms with Gasteiger partial charge < -0.3 is 10.4 Å². The molecular formula is C10H13N3O4. The molecule has 0 spiro atoms. The van der Waals surface area contributed by atoms with Gasteiger partial charge in [-0.15, -0.1) is 0 Å². The van der Waals surface area contributed by atoms with Crippen LogP contribution in [-0.4, -0.2) is 32.3 Å². The number of carbonyl (C=O) groups is 2. The van der Waals surface area contributed by atoms with Crippen LogP contribution in [0.25, 0.3) is 0 Å². The average molecular weight is 239 g/mol. The summed E-state index contributed by atoms with van der Waals surface area (Å²) in [6.07, 6.45) is 0. The second kappa shape index (κ2) is 4.36. The first kappa shape index (κ1) is 12.9. The van der Waals surface area contributed by atoms with Crippen molar-refractivity contribution in [3.8, 4) is 0 Å². The molecule has 0 saturated heterocycles. The number of carboxylic acids is 1. The first-order valence-corrected chi connectivity index (χ1v) is 4.84. The van der Waals surface area contributed by atoms with Crippen LogP contribution in [0.3, 0.4) is 0 Å². The summed E-state index contributed by atoms with van der Waals surface area (Å²) in [5.74, 6) is -1.80. The van der Waals surface area contributed by atoms with E-state index in [2.05, 4.69) is 10.4 Å². The molecule has 92 valence electrons. The second-order valence-corrected chi connectivity index (χ2v) is 4.06. The molecule has 1 amide bonds. The van der Waals surface area contributed by atoms with Crippen LogP contribution >= 0.6 is 0 Å². The Hall–Kier alpha value is -2.18. The van der Waals surface area contributed by atoms with Crippen molar-refractivity contribution in [2.24, 2.45) is 7.05 Å². The highest BCUT2D eigenvalue weighted by Crippen LogP contribution is 2.03. The Labute approximate surface area is 97.1 Å². The molecule has 17 heavy (non-hydrogen) atoms. The minimum atomic E-state index is -1.40. The van der Waals surface area contributed by atoms with E-state index in [1.54, 1.807) is 0 Å². The smallest absolute Gasteiger partial charge is 0.328 e. The highest BCUT2D eigenvalue weighted by Gasteiger charge is 2.29. The Morgan fingerprint density at radius 3 is 2.47 bits per heavy atom. The molecule has 1 aromatic heterocycles. The molecular weight excluding hydrogens is 226 g/mol. The lowest BCUT2D eigenvalue weighted by molar-refractivity contribution is -0.143. The standard InChI is InChI=1S/C10H13N3O4/c1-10(2,9(16)17)11-8(15)6-4-5-7(14)13(3)12-6/h4-5H,1-3H3,(H,11,15)(H,16,17). The van der Waals surface area contributed by atoms with Gasteiger partial charge in [-0.05, 0) is 19.9 Å². The van der Waals surface area contributed by atoms with Gasteiger partial charge in [0.2, 0.25) is 0 Å². The fourth-order valence-electron chi connectivity index (χ4n) is 1.02. The predicted octanol–water partition coefficient (Wildman–Crippen LogP) is -0.627. The van der Waals surface area contributed by atoms with E-state index in [1.807, 2.05) is 0 Å². The van der Waals surface area contributed by atoms with Gasteiger partial charge in [0.15, 0.2) is 0 Å². The summed E-state index contributed by atoms with van der Waals surface area (Å²) in [6, 6.07) is 2.44. The molecule has 7 nitrogen and oxygen atoms in total. The minimum absolute atomic E-state index is 0.0126. The Bertz CT molecular complexity index is 519. The van der Waals surface area contributed by atoms with E-state index in [9.17, 15) is 14.4 Å². The SMILES string of the molecule is Cn1nc(C(=O)NC(C)(C)C(=O)O)ccc1=O. The van der Waals surface area contributed by atoms with Crippen molar-refractivity contribution < 1.29 is 14.7 Å². The lowest BCUT2D eigenvalue weighted by Gasteiger charge is -2.20. The zero-order valence-corrected chi connectivity index (χ0v) is 9.72. The molecule has 0 fully saturated rings. The van der Waals surface area contributed by atoms with Crippen LogP contribution in [0.2, 0.25) is 0 Å². The predicted molar refractivity (Wildman–Crippen MR) is 58.7 cm³/mol. The molecule has 0 radical (unpaired) electrons. The molecule has 0 aliphatic rings. The number of aliphatic carboxylic acids is 1. The number of rotatable bonds is 3. The lowest BCUT2D eigenvalue weighted by Crippen LogP contribution is -2.50. The van der Waals surface area contributed by atoms with Gasteiger partial charge in [-0.25, -0.2) is 9.48 Å². The molecule has 0 aliphatic carbocycles. The van der Waals surface area contributed by atoms with Crippen molar-refractivity contribution in [3.05, 3.63) is 28.2 Å². The first-order chi connectivity index (χ1) is 7.74. The molecule has 1 heterocycles. The molecule has 0 unspecified atom stereocenters. The largest absolute Gasteiger partial charge is 0.480 e. The highest BCUT2D eigenvalue weighted by atomic mass is 16.4. The molecule has 0 aromatic carbocycles. The molecule has 0 aliphatic heterocycles. The van der Waals surface area contributed by atoms with Gasteiger partial charge in [0.25, 0.3) is 11.5 Å². The first-order valence-electron chi connectivity index (χ1n) is 4.84. The van der Waals surface area contributed by atoms with E-state index in [0.717, 1.165) is 4.68 Å². The summed E-state index contributed by atoms with van der Waals surface area (Å²) in [5.41, 5.74) is -1.76. The fourth-order valence-corrected chi connectivity index (χ4v) is 1.02. The van der Waals surface area contributed by atoms with Crippen molar-refractivity contribution in [2.75, 3.05) is 0 Å². The number of aryl methyl sites for hydroxylation is 1. The summed E-state index contributed by atoms with van der Waals surface area (Å²) in [4.78, 5) is 33.6. The number of hydrogen-bond donors (Lipinski definition) is 2. The second-order valence-electron chi connectivity index (χ2n) is 4.06. The number of carboxylic acid groups (broad SMARTS) is 1. The Morgan fingerprint density at radius 2 is 2.00 bits per heavy atom. The number of nitrogens with one attached hydrogen (secondary N) is 1. The molecule has 0 bridgehead atoms. The van der Waals surface area contributed by atoms with Crippen LogP contribution in [0.1, 0.15) is 24.3 Å². The Kier molecular flexibility index (Phi) is 3.31. The molecule has 7 heteroatoms. The minimum Gasteiger partial charge on any atom is -0.480 e.